The summed E-state index contributed by atoms with van der Waals surface area (Å²) in [6.45, 7) is 1.64. The highest BCUT2D eigenvalue weighted by Gasteiger charge is 2.15. The van der Waals surface area contributed by atoms with Crippen LogP contribution in [0.2, 0.25) is 15.1 Å². The molecule has 1 atom stereocenters. The van der Waals surface area contributed by atoms with E-state index in [1.165, 1.54) is 0 Å². The fourth-order valence-electron chi connectivity index (χ4n) is 1.67. The van der Waals surface area contributed by atoms with E-state index < -0.39 is 6.10 Å². The molecule has 0 bridgehead atoms. The molecule has 0 spiro atoms. The SMILES string of the molecule is CC(Oc1cccc(Cl)c1)C(=O)Nc1cc(Cl)cc(Cl)c1. The minimum atomic E-state index is -0.693. The number of rotatable bonds is 4. The maximum absolute atomic E-state index is 12.1. The molecule has 0 aliphatic carbocycles. The van der Waals surface area contributed by atoms with Gasteiger partial charge in [0.05, 0.1) is 0 Å². The second-order valence-corrected chi connectivity index (χ2v) is 5.67. The molecule has 1 unspecified atom stereocenters. The number of carbonyl (C=O) groups excluding carboxylic acids is 1. The Balaban J connectivity index is 2.02. The van der Waals surface area contributed by atoms with Crippen LogP contribution < -0.4 is 10.1 Å². The van der Waals surface area contributed by atoms with Crippen molar-refractivity contribution in [3.05, 3.63) is 57.5 Å². The molecule has 0 saturated carbocycles. The van der Waals surface area contributed by atoms with Crippen molar-refractivity contribution in [2.24, 2.45) is 0 Å². The van der Waals surface area contributed by atoms with E-state index in [2.05, 4.69) is 5.32 Å². The van der Waals surface area contributed by atoms with Gasteiger partial charge in [-0.2, -0.15) is 0 Å². The van der Waals surface area contributed by atoms with Crippen LogP contribution in [0.4, 0.5) is 5.69 Å². The number of hydrogen-bond donors (Lipinski definition) is 1. The molecule has 110 valence electrons. The third kappa shape index (κ3) is 4.81. The van der Waals surface area contributed by atoms with Crippen molar-refractivity contribution >= 4 is 46.4 Å². The first-order valence-electron chi connectivity index (χ1n) is 6.13. The molecule has 1 N–H and O–H groups in total. The number of ether oxygens (including phenoxy) is 1. The van der Waals surface area contributed by atoms with Gasteiger partial charge < -0.3 is 10.1 Å². The van der Waals surface area contributed by atoms with Crippen LogP contribution in [0.25, 0.3) is 0 Å². The summed E-state index contributed by atoms with van der Waals surface area (Å²) in [6.07, 6.45) is -0.693. The lowest BCUT2D eigenvalue weighted by atomic mass is 10.3. The monoisotopic (exact) mass is 343 g/mol. The Hall–Kier alpha value is -1.42. The molecule has 0 heterocycles. The average Bonchev–Trinajstić information content (AvgIpc) is 2.37. The Bertz CT molecular complexity index is 641. The van der Waals surface area contributed by atoms with E-state index in [0.717, 1.165) is 0 Å². The molecule has 21 heavy (non-hydrogen) atoms. The fraction of sp³-hybridized carbons (Fsp3) is 0.133. The standard InChI is InChI=1S/C15H12Cl3NO2/c1-9(21-14-4-2-3-10(16)8-14)15(20)19-13-6-11(17)5-12(18)7-13/h2-9H,1H3,(H,19,20). The number of nitrogens with one attached hydrogen (secondary N) is 1. The lowest BCUT2D eigenvalue weighted by molar-refractivity contribution is -0.122. The van der Waals surface area contributed by atoms with E-state index in [0.29, 0.717) is 26.5 Å². The Morgan fingerprint density at radius 1 is 1.05 bits per heavy atom. The van der Waals surface area contributed by atoms with Gasteiger partial charge in [-0.3, -0.25) is 4.79 Å². The van der Waals surface area contributed by atoms with Crippen molar-refractivity contribution in [1.29, 1.82) is 0 Å². The molecule has 0 fully saturated rings. The molecule has 0 aromatic heterocycles. The normalized spacial score (nSPS) is 11.8. The summed E-state index contributed by atoms with van der Waals surface area (Å²) >= 11 is 17.6. The van der Waals surface area contributed by atoms with Crippen LogP contribution in [-0.4, -0.2) is 12.0 Å². The van der Waals surface area contributed by atoms with Crippen molar-refractivity contribution in [3.63, 3.8) is 0 Å². The van der Waals surface area contributed by atoms with Crippen molar-refractivity contribution in [2.75, 3.05) is 5.32 Å². The number of benzene rings is 2. The van der Waals surface area contributed by atoms with Crippen LogP contribution >= 0.6 is 34.8 Å². The minimum Gasteiger partial charge on any atom is -0.481 e. The van der Waals surface area contributed by atoms with Crippen molar-refractivity contribution in [1.82, 2.24) is 0 Å². The van der Waals surface area contributed by atoms with Crippen molar-refractivity contribution in [2.45, 2.75) is 13.0 Å². The highest BCUT2D eigenvalue weighted by Crippen LogP contribution is 2.23. The summed E-state index contributed by atoms with van der Waals surface area (Å²) in [4.78, 5) is 12.1. The zero-order valence-electron chi connectivity index (χ0n) is 11.1. The first-order chi connectivity index (χ1) is 9.94. The molecule has 2 aromatic rings. The van der Waals surface area contributed by atoms with Crippen LogP contribution in [0.1, 0.15) is 6.92 Å². The topological polar surface area (TPSA) is 38.3 Å². The van der Waals surface area contributed by atoms with Gasteiger partial charge in [0.15, 0.2) is 6.10 Å². The molecule has 6 heteroatoms. The Morgan fingerprint density at radius 3 is 2.33 bits per heavy atom. The summed E-state index contributed by atoms with van der Waals surface area (Å²) in [7, 11) is 0. The van der Waals surface area contributed by atoms with Gasteiger partial charge >= 0.3 is 0 Å². The molecular formula is C15H12Cl3NO2. The first-order valence-corrected chi connectivity index (χ1v) is 7.26. The van der Waals surface area contributed by atoms with Crippen LogP contribution in [0.3, 0.4) is 0 Å². The van der Waals surface area contributed by atoms with Gasteiger partial charge in [-0.15, -0.1) is 0 Å². The smallest absolute Gasteiger partial charge is 0.265 e. The average molecular weight is 345 g/mol. The third-order valence-corrected chi connectivity index (χ3v) is 3.28. The molecule has 2 rings (SSSR count). The maximum atomic E-state index is 12.1. The van der Waals surface area contributed by atoms with Gasteiger partial charge in [-0.1, -0.05) is 40.9 Å². The molecular weight excluding hydrogens is 333 g/mol. The Kier molecular flexibility index (Phi) is 5.34. The second-order valence-electron chi connectivity index (χ2n) is 4.36. The van der Waals surface area contributed by atoms with E-state index in [1.54, 1.807) is 49.4 Å². The van der Waals surface area contributed by atoms with Crippen molar-refractivity contribution in [3.8, 4) is 5.75 Å². The van der Waals surface area contributed by atoms with Crippen LogP contribution in [0.5, 0.6) is 5.75 Å². The first kappa shape index (κ1) is 16.0. The highest BCUT2D eigenvalue weighted by atomic mass is 35.5. The van der Waals surface area contributed by atoms with Crippen LogP contribution in [0, 0.1) is 0 Å². The van der Waals surface area contributed by atoms with Gasteiger partial charge in [0.2, 0.25) is 0 Å². The van der Waals surface area contributed by atoms with E-state index in [4.69, 9.17) is 39.5 Å². The number of carbonyl (C=O) groups is 1. The molecule has 0 aliphatic rings. The third-order valence-electron chi connectivity index (χ3n) is 2.61. The summed E-state index contributed by atoms with van der Waals surface area (Å²) in [5, 5.41) is 4.13. The summed E-state index contributed by atoms with van der Waals surface area (Å²) < 4.78 is 5.53. The minimum absolute atomic E-state index is 0.312. The summed E-state index contributed by atoms with van der Waals surface area (Å²) in [6, 6.07) is 11.7. The van der Waals surface area contributed by atoms with Gasteiger partial charge in [0.1, 0.15) is 5.75 Å². The molecule has 2 aromatic carbocycles. The van der Waals surface area contributed by atoms with E-state index >= 15 is 0 Å². The van der Waals surface area contributed by atoms with E-state index in [9.17, 15) is 4.79 Å². The molecule has 3 nitrogen and oxygen atoms in total. The quantitative estimate of drug-likeness (QED) is 0.842. The zero-order chi connectivity index (χ0) is 15.4. The number of anilines is 1. The zero-order valence-corrected chi connectivity index (χ0v) is 13.3. The maximum Gasteiger partial charge on any atom is 0.265 e. The fourth-order valence-corrected chi connectivity index (χ4v) is 2.37. The highest BCUT2D eigenvalue weighted by molar-refractivity contribution is 6.35. The summed E-state index contributed by atoms with van der Waals surface area (Å²) in [5.41, 5.74) is 0.513. The number of hydrogen-bond acceptors (Lipinski definition) is 2. The number of amides is 1. The Morgan fingerprint density at radius 2 is 1.71 bits per heavy atom. The molecule has 1 amide bonds. The second kappa shape index (κ2) is 7.03. The van der Waals surface area contributed by atoms with Gasteiger partial charge in [0.25, 0.3) is 5.91 Å². The van der Waals surface area contributed by atoms with Gasteiger partial charge in [-0.25, -0.2) is 0 Å². The lowest BCUT2D eigenvalue weighted by Crippen LogP contribution is -2.30. The van der Waals surface area contributed by atoms with Crippen LogP contribution in [0.15, 0.2) is 42.5 Å². The predicted octanol–water partition coefficient (Wildman–Crippen LogP) is 5.05. The number of halogens is 3. The van der Waals surface area contributed by atoms with E-state index in [1.807, 2.05) is 0 Å². The lowest BCUT2D eigenvalue weighted by Gasteiger charge is -2.15. The van der Waals surface area contributed by atoms with Crippen molar-refractivity contribution < 1.29 is 9.53 Å². The largest absolute Gasteiger partial charge is 0.481 e. The predicted molar refractivity (Wildman–Crippen MR) is 86.6 cm³/mol. The molecule has 0 aliphatic heterocycles. The van der Waals surface area contributed by atoms with Crippen LogP contribution in [-0.2, 0) is 4.79 Å². The van der Waals surface area contributed by atoms with E-state index in [-0.39, 0.29) is 5.91 Å². The van der Waals surface area contributed by atoms with Gasteiger partial charge in [0, 0.05) is 20.8 Å². The van der Waals surface area contributed by atoms with Gasteiger partial charge in [-0.05, 0) is 43.3 Å². The summed E-state index contributed by atoms with van der Waals surface area (Å²) in [5.74, 6) is 0.211. The molecule has 0 saturated heterocycles. The molecule has 0 radical (unpaired) electrons. The Labute approximate surface area is 137 Å².